The molecule has 0 spiro atoms. The van der Waals surface area contributed by atoms with E-state index in [9.17, 15) is 18.0 Å². The van der Waals surface area contributed by atoms with Gasteiger partial charge in [0.05, 0.1) is 11.1 Å². The summed E-state index contributed by atoms with van der Waals surface area (Å²) >= 11 is 2.84. The van der Waals surface area contributed by atoms with E-state index >= 15 is 0 Å². The number of hydrogen-bond donors (Lipinski definition) is 1. The molecule has 0 fully saturated rings. The van der Waals surface area contributed by atoms with Crippen LogP contribution in [0.3, 0.4) is 0 Å². The Morgan fingerprint density at radius 1 is 1.12 bits per heavy atom. The van der Waals surface area contributed by atoms with E-state index in [1.54, 1.807) is 35.7 Å². The number of rotatable bonds is 4. The number of nitrogens with zero attached hydrogens (tertiary/aromatic N) is 4. The molecule has 0 saturated heterocycles. The maximum Gasteiger partial charge on any atom is 0.416 e. The van der Waals surface area contributed by atoms with Crippen molar-refractivity contribution in [1.82, 2.24) is 9.58 Å². The Hall–Kier alpha value is -3.44. The average Bonchev–Trinajstić information content (AvgIpc) is 3.52. The third kappa shape index (κ3) is 4.16. The van der Waals surface area contributed by atoms with Crippen molar-refractivity contribution in [2.45, 2.75) is 12.6 Å². The third-order valence-corrected chi connectivity index (χ3v) is 6.71. The second-order valence-corrected chi connectivity index (χ2v) is 9.19. The predicted octanol–water partition coefficient (Wildman–Crippen LogP) is 5.42. The second-order valence-electron chi connectivity index (χ2n) is 7.12. The Balaban J connectivity index is 1.46. The van der Waals surface area contributed by atoms with Gasteiger partial charge < -0.3 is 4.57 Å². The predicted molar refractivity (Wildman–Crippen MR) is 124 cm³/mol. The summed E-state index contributed by atoms with van der Waals surface area (Å²) in [6, 6.07) is 12.1. The lowest BCUT2D eigenvalue weighted by atomic mass is 10.1. The molecule has 0 radical (unpaired) electrons. The van der Waals surface area contributed by atoms with Crippen LogP contribution in [0.4, 0.5) is 13.2 Å². The van der Waals surface area contributed by atoms with Crippen LogP contribution in [0.1, 0.15) is 16.1 Å². The maximum absolute atomic E-state index is 13.1. The van der Waals surface area contributed by atoms with E-state index in [4.69, 9.17) is 5.41 Å². The summed E-state index contributed by atoms with van der Waals surface area (Å²) in [5.74, 6) is -0.724. The highest BCUT2D eigenvalue weighted by Crippen LogP contribution is 2.32. The molecule has 0 aliphatic carbocycles. The summed E-state index contributed by atoms with van der Waals surface area (Å²) in [7, 11) is 0. The van der Waals surface area contributed by atoms with Crippen molar-refractivity contribution in [3.8, 4) is 5.69 Å². The quantitative estimate of drug-likeness (QED) is 0.502. The van der Waals surface area contributed by atoms with Gasteiger partial charge in [0.15, 0.2) is 5.84 Å². The molecule has 0 unspecified atom stereocenters. The number of hydrazone groups is 1. The third-order valence-electron chi connectivity index (χ3n) is 4.93. The van der Waals surface area contributed by atoms with E-state index in [1.165, 1.54) is 33.5 Å². The number of amides is 1. The molecular weight excluding hydrogens is 471 g/mol. The van der Waals surface area contributed by atoms with Crippen LogP contribution in [-0.2, 0) is 17.4 Å². The van der Waals surface area contributed by atoms with E-state index < -0.39 is 17.6 Å². The smallest absolute Gasteiger partial charge is 0.317 e. The molecule has 1 amide bonds. The molecule has 33 heavy (non-hydrogen) atoms. The van der Waals surface area contributed by atoms with Gasteiger partial charge in [0.1, 0.15) is 5.04 Å². The molecule has 6 nitrogen and oxygen atoms in total. The van der Waals surface area contributed by atoms with Crippen molar-refractivity contribution in [1.29, 1.82) is 5.41 Å². The molecule has 1 N–H and O–H groups in total. The van der Waals surface area contributed by atoms with Gasteiger partial charge in [0, 0.05) is 28.9 Å². The second kappa shape index (κ2) is 8.16. The van der Waals surface area contributed by atoms with Crippen molar-refractivity contribution >= 4 is 51.1 Å². The Kier molecular flexibility index (Phi) is 5.29. The van der Waals surface area contributed by atoms with Crippen molar-refractivity contribution in [2.24, 2.45) is 10.1 Å². The molecule has 5 rings (SSSR count). The molecule has 2 aliphatic heterocycles. The molecule has 3 aromatic rings. The van der Waals surface area contributed by atoms with Gasteiger partial charge in [-0.25, -0.2) is 0 Å². The van der Waals surface area contributed by atoms with Gasteiger partial charge in [-0.3, -0.25) is 10.2 Å². The van der Waals surface area contributed by atoms with Gasteiger partial charge in [-0.2, -0.15) is 28.3 Å². The first-order chi connectivity index (χ1) is 15.8. The molecular formula is C22H14F3N5OS2. The van der Waals surface area contributed by atoms with Crippen LogP contribution < -0.4 is 0 Å². The summed E-state index contributed by atoms with van der Waals surface area (Å²) < 4.78 is 40.9. The zero-order valence-electron chi connectivity index (χ0n) is 16.7. The number of halogens is 3. The molecule has 2 aromatic heterocycles. The first-order valence-corrected chi connectivity index (χ1v) is 11.4. The average molecular weight is 486 g/mol. The van der Waals surface area contributed by atoms with E-state index in [2.05, 4.69) is 10.1 Å². The van der Waals surface area contributed by atoms with E-state index in [0.29, 0.717) is 17.3 Å². The highest BCUT2D eigenvalue weighted by molar-refractivity contribution is 8.27. The lowest BCUT2D eigenvalue weighted by Gasteiger charge is -2.20. The van der Waals surface area contributed by atoms with Crippen LogP contribution >= 0.6 is 23.1 Å². The van der Waals surface area contributed by atoms with Crippen LogP contribution in [0, 0.1) is 5.41 Å². The van der Waals surface area contributed by atoms with Crippen molar-refractivity contribution < 1.29 is 18.0 Å². The van der Waals surface area contributed by atoms with Crippen LogP contribution in [0.15, 0.2) is 75.8 Å². The molecule has 0 saturated carbocycles. The number of aliphatic imine (C=N–C) groups is 1. The molecule has 11 heteroatoms. The number of benzene rings is 1. The van der Waals surface area contributed by atoms with Crippen LogP contribution in [-0.4, -0.2) is 31.5 Å². The van der Waals surface area contributed by atoms with Gasteiger partial charge in [-0.05, 0) is 59.6 Å². The zero-order valence-corrected chi connectivity index (χ0v) is 18.3. The highest BCUT2D eigenvalue weighted by Gasteiger charge is 2.36. The number of carbonyl (C=O) groups excluding carboxylic acids is 1. The Bertz CT molecular complexity index is 1350. The largest absolute Gasteiger partial charge is 0.416 e. The molecule has 166 valence electrons. The van der Waals surface area contributed by atoms with Crippen LogP contribution in [0.2, 0.25) is 0 Å². The minimum absolute atomic E-state index is 0.00685. The SMILES string of the molecule is N=C1/C(=C\c2cccn2-c2cccc(C(F)(F)F)c2)C(=O)N=C2SC(Cc3cccs3)=NN12. The molecule has 4 heterocycles. The topological polar surface area (TPSA) is 73.8 Å². The highest BCUT2D eigenvalue weighted by atomic mass is 32.2. The molecule has 1 aromatic carbocycles. The number of carbonyl (C=O) groups is 1. The summed E-state index contributed by atoms with van der Waals surface area (Å²) in [4.78, 5) is 17.9. The summed E-state index contributed by atoms with van der Waals surface area (Å²) in [6.07, 6.45) is -0.851. The number of fused-ring (bicyclic) bond motifs is 1. The first-order valence-electron chi connectivity index (χ1n) is 9.66. The fourth-order valence-electron chi connectivity index (χ4n) is 3.39. The zero-order chi connectivity index (χ0) is 23.2. The van der Waals surface area contributed by atoms with Gasteiger partial charge in [0.2, 0.25) is 5.17 Å². The maximum atomic E-state index is 13.1. The van der Waals surface area contributed by atoms with Crippen molar-refractivity contribution in [2.75, 3.05) is 0 Å². The van der Waals surface area contributed by atoms with Crippen LogP contribution in [0.25, 0.3) is 11.8 Å². The van der Waals surface area contributed by atoms with E-state index in [0.717, 1.165) is 22.1 Å². The monoisotopic (exact) mass is 485 g/mol. The number of hydrogen-bond acceptors (Lipinski definition) is 5. The van der Waals surface area contributed by atoms with Crippen molar-refractivity contribution in [3.63, 3.8) is 0 Å². The number of thioether (sulfide) groups is 1. The summed E-state index contributed by atoms with van der Waals surface area (Å²) in [5.41, 5.74) is -0.0403. The molecule has 0 atom stereocenters. The number of nitrogens with one attached hydrogen (secondary N) is 1. The lowest BCUT2D eigenvalue weighted by Crippen LogP contribution is -2.35. The fraction of sp³-hybridized carbons (Fsp3) is 0.0909. The molecule has 0 bridgehead atoms. The Morgan fingerprint density at radius 2 is 1.97 bits per heavy atom. The summed E-state index contributed by atoms with van der Waals surface area (Å²) in [6.45, 7) is 0. The standard InChI is InChI=1S/C22H14F3N5OS2/c23-22(24,25)13-4-1-5-14(10-13)29-8-2-6-15(29)11-17-19(26)30-21(27-20(17)31)33-18(28-30)12-16-7-3-9-32-16/h1-11,26H,12H2/b17-11+,26-19?. The van der Waals surface area contributed by atoms with E-state index in [1.807, 2.05) is 17.5 Å². The minimum atomic E-state index is -4.47. The number of alkyl halides is 3. The molecule has 2 aliphatic rings. The number of thiophene rings is 1. The summed E-state index contributed by atoms with van der Waals surface area (Å²) in [5, 5.41) is 17.3. The van der Waals surface area contributed by atoms with Gasteiger partial charge in [0.25, 0.3) is 5.91 Å². The number of amidine groups is 2. The van der Waals surface area contributed by atoms with E-state index in [-0.39, 0.29) is 17.1 Å². The Labute approximate surface area is 194 Å². The first kappa shape index (κ1) is 21.4. The number of aromatic nitrogens is 1. The lowest BCUT2D eigenvalue weighted by molar-refractivity contribution is -0.137. The van der Waals surface area contributed by atoms with Crippen molar-refractivity contribution in [3.05, 3.63) is 81.8 Å². The normalized spacial score (nSPS) is 17.4. The van der Waals surface area contributed by atoms with Gasteiger partial charge in [-0.15, -0.1) is 11.3 Å². The van der Waals surface area contributed by atoms with Crippen LogP contribution in [0.5, 0.6) is 0 Å². The van der Waals surface area contributed by atoms with Gasteiger partial charge >= 0.3 is 6.18 Å². The minimum Gasteiger partial charge on any atom is -0.317 e. The van der Waals surface area contributed by atoms with Gasteiger partial charge in [-0.1, -0.05) is 12.1 Å². The fourth-order valence-corrected chi connectivity index (χ4v) is 5.10. The Morgan fingerprint density at radius 3 is 2.73 bits per heavy atom.